The monoisotopic (exact) mass is 380 g/mol. The van der Waals surface area contributed by atoms with Crippen molar-refractivity contribution >= 4 is 11.6 Å². The molecule has 1 amide bonds. The van der Waals surface area contributed by atoms with E-state index in [-0.39, 0.29) is 5.91 Å². The van der Waals surface area contributed by atoms with E-state index in [1.807, 2.05) is 18.3 Å². The van der Waals surface area contributed by atoms with Crippen molar-refractivity contribution in [2.24, 2.45) is 0 Å². The number of amides is 1. The van der Waals surface area contributed by atoms with Crippen molar-refractivity contribution in [3.63, 3.8) is 0 Å². The number of pyridine rings is 1. The zero-order valence-corrected chi connectivity index (χ0v) is 15.8. The van der Waals surface area contributed by atoms with E-state index < -0.39 is 0 Å². The molecule has 1 aliphatic carbocycles. The molecule has 0 spiro atoms. The van der Waals surface area contributed by atoms with Gasteiger partial charge in [0, 0.05) is 45.0 Å². The second-order valence-electron chi connectivity index (χ2n) is 7.63. The number of anilines is 1. The number of benzene rings is 1. The minimum atomic E-state index is -0.0155. The zero-order chi connectivity index (χ0) is 18.9. The zero-order valence-electron chi connectivity index (χ0n) is 15.8. The summed E-state index contributed by atoms with van der Waals surface area (Å²) >= 11 is 0. The largest absolute Gasteiger partial charge is 0.454 e. The molecule has 1 saturated heterocycles. The SMILES string of the molecule is O=C(NC1CC1)c1cncc(N2CCN(Cc3ccc4c(c3)OCO4)CC2)c1. The number of nitrogens with one attached hydrogen (secondary N) is 1. The van der Waals surface area contributed by atoms with Crippen LogP contribution in [0.2, 0.25) is 0 Å². The molecule has 1 saturated carbocycles. The van der Waals surface area contributed by atoms with E-state index in [1.165, 1.54) is 5.56 Å². The molecule has 28 heavy (non-hydrogen) atoms. The van der Waals surface area contributed by atoms with Gasteiger partial charge < -0.3 is 19.7 Å². The molecule has 1 aromatic carbocycles. The Labute approximate surface area is 164 Å². The lowest BCUT2D eigenvalue weighted by Crippen LogP contribution is -2.46. The molecule has 1 aromatic heterocycles. The summed E-state index contributed by atoms with van der Waals surface area (Å²) in [7, 11) is 0. The topological polar surface area (TPSA) is 66.9 Å². The van der Waals surface area contributed by atoms with E-state index >= 15 is 0 Å². The third kappa shape index (κ3) is 3.75. The first kappa shape index (κ1) is 17.3. The minimum absolute atomic E-state index is 0.0155. The molecule has 0 radical (unpaired) electrons. The molecular formula is C21H24N4O3. The van der Waals surface area contributed by atoms with Crippen LogP contribution in [0.1, 0.15) is 28.8 Å². The minimum Gasteiger partial charge on any atom is -0.454 e. The Hall–Kier alpha value is -2.80. The van der Waals surface area contributed by atoms with Gasteiger partial charge in [0.1, 0.15) is 0 Å². The first-order chi connectivity index (χ1) is 13.7. The van der Waals surface area contributed by atoms with E-state index in [0.29, 0.717) is 18.4 Å². The second kappa shape index (κ2) is 7.31. The van der Waals surface area contributed by atoms with Crippen LogP contribution in [0.5, 0.6) is 11.5 Å². The van der Waals surface area contributed by atoms with Gasteiger partial charge in [-0.25, -0.2) is 0 Å². The van der Waals surface area contributed by atoms with Gasteiger partial charge in [0.05, 0.1) is 17.4 Å². The number of piperazine rings is 1. The highest BCUT2D eigenvalue weighted by atomic mass is 16.7. The van der Waals surface area contributed by atoms with E-state index in [9.17, 15) is 4.79 Å². The molecule has 0 unspecified atom stereocenters. The number of hydrogen-bond donors (Lipinski definition) is 1. The highest BCUT2D eigenvalue weighted by Gasteiger charge is 2.25. The van der Waals surface area contributed by atoms with Gasteiger partial charge in [0.25, 0.3) is 5.91 Å². The Morgan fingerprint density at radius 2 is 1.89 bits per heavy atom. The summed E-state index contributed by atoms with van der Waals surface area (Å²) in [6, 6.07) is 8.47. The number of carbonyl (C=O) groups excluding carboxylic acids is 1. The fourth-order valence-corrected chi connectivity index (χ4v) is 3.68. The van der Waals surface area contributed by atoms with E-state index in [4.69, 9.17) is 9.47 Å². The predicted octanol–water partition coefficient (Wildman–Crippen LogP) is 2.02. The van der Waals surface area contributed by atoms with Gasteiger partial charge in [-0.2, -0.15) is 0 Å². The van der Waals surface area contributed by atoms with Gasteiger partial charge >= 0.3 is 0 Å². The maximum absolute atomic E-state index is 12.3. The lowest BCUT2D eigenvalue weighted by atomic mass is 10.1. The van der Waals surface area contributed by atoms with Gasteiger partial charge in [0.2, 0.25) is 6.79 Å². The van der Waals surface area contributed by atoms with Crippen LogP contribution < -0.4 is 19.7 Å². The normalized spacial score (nSPS) is 18.9. The molecule has 5 rings (SSSR count). The number of fused-ring (bicyclic) bond motifs is 1. The Morgan fingerprint density at radius 3 is 2.71 bits per heavy atom. The van der Waals surface area contributed by atoms with E-state index in [2.05, 4.69) is 32.2 Å². The summed E-state index contributed by atoms with van der Waals surface area (Å²) < 4.78 is 10.9. The molecule has 146 valence electrons. The lowest BCUT2D eigenvalue weighted by Gasteiger charge is -2.36. The highest BCUT2D eigenvalue weighted by molar-refractivity contribution is 5.95. The maximum atomic E-state index is 12.3. The summed E-state index contributed by atoms with van der Waals surface area (Å²) in [6.45, 7) is 4.97. The molecule has 3 aliphatic rings. The van der Waals surface area contributed by atoms with Gasteiger partial charge in [0.15, 0.2) is 11.5 Å². The molecule has 1 N–H and O–H groups in total. The van der Waals surface area contributed by atoms with Crippen LogP contribution in [0.3, 0.4) is 0 Å². The van der Waals surface area contributed by atoms with Crippen LogP contribution in [-0.2, 0) is 6.54 Å². The van der Waals surface area contributed by atoms with Crippen molar-refractivity contribution in [1.82, 2.24) is 15.2 Å². The molecule has 3 heterocycles. The molecule has 0 atom stereocenters. The lowest BCUT2D eigenvalue weighted by molar-refractivity contribution is 0.0950. The van der Waals surface area contributed by atoms with Crippen molar-refractivity contribution in [1.29, 1.82) is 0 Å². The molecule has 7 nitrogen and oxygen atoms in total. The number of ether oxygens (including phenoxy) is 2. The second-order valence-corrected chi connectivity index (χ2v) is 7.63. The summed E-state index contributed by atoms with van der Waals surface area (Å²) in [6.07, 6.45) is 5.67. The third-order valence-electron chi connectivity index (χ3n) is 5.48. The standard InChI is InChI=1S/C21H24N4O3/c26-21(23-17-2-3-17)16-10-18(12-22-11-16)25-7-5-24(6-8-25)13-15-1-4-19-20(9-15)28-14-27-19/h1,4,9-12,17H,2-3,5-8,13-14H2,(H,23,26). The number of aromatic nitrogens is 1. The summed E-state index contributed by atoms with van der Waals surface area (Å²) in [5.41, 5.74) is 2.90. The van der Waals surface area contributed by atoms with Crippen molar-refractivity contribution in [2.45, 2.75) is 25.4 Å². The molecular weight excluding hydrogens is 356 g/mol. The van der Waals surface area contributed by atoms with Gasteiger partial charge in [-0.05, 0) is 36.6 Å². The number of carbonyl (C=O) groups is 1. The quantitative estimate of drug-likeness (QED) is 0.856. The van der Waals surface area contributed by atoms with Crippen LogP contribution in [0.15, 0.2) is 36.7 Å². The molecule has 2 aromatic rings. The smallest absolute Gasteiger partial charge is 0.253 e. The summed E-state index contributed by atoms with van der Waals surface area (Å²) in [4.78, 5) is 21.3. The molecule has 2 fully saturated rings. The third-order valence-corrected chi connectivity index (χ3v) is 5.48. The van der Waals surface area contributed by atoms with Crippen LogP contribution in [0, 0.1) is 0 Å². The molecule has 7 heteroatoms. The van der Waals surface area contributed by atoms with Crippen LogP contribution in [-0.4, -0.2) is 54.8 Å². The Kier molecular flexibility index (Phi) is 4.52. The fraction of sp³-hybridized carbons (Fsp3) is 0.429. The summed E-state index contributed by atoms with van der Waals surface area (Å²) in [5, 5.41) is 3.03. The number of nitrogens with zero attached hydrogens (tertiary/aromatic N) is 3. The van der Waals surface area contributed by atoms with Crippen LogP contribution >= 0.6 is 0 Å². The Balaban J connectivity index is 1.18. The van der Waals surface area contributed by atoms with Crippen LogP contribution in [0.4, 0.5) is 5.69 Å². The molecule has 2 aliphatic heterocycles. The number of rotatable bonds is 5. The maximum Gasteiger partial charge on any atom is 0.253 e. The predicted molar refractivity (Wildman–Crippen MR) is 105 cm³/mol. The first-order valence-corrected chi connectivity index (χ1v) is 9.86. The Bertz CT molecular complexity index is 876. The molecule has 0 bridgehead atoms. The highest BCUT2D eigenvalue weighted by Crippen LogP contribution is 2.33. The van der Waals surface area contributed by atoms with Crippen molar-refractivity contribution in [3.8, 4) is 11.5 Å². The average molecular weight is 380 g/mol. The van der Waals surface area contributed by atoms with Crippen LogP contribution in [0.25, 0.3) is 0 Å². The van der Waals surface area contributed by atoms with Crippen molar-refractivity contribution in [3.05, 3.63) is 47.8 Å². The van der Waals surface area contributed by atoms with Crippen molar-refractivity contribution in [2.75, 3.05) is 37.9 Å². The van der Waals surface area contributed by atoms with Gasteiger partial charge in [-0.1, -0.05) is 6.07 Å². The Morgan fingerprint density at radius 1 is 1.07 bits per heavy atom. The van der Waals surface area contributed by atoms with E-state index in [1.54, 1.807) is 6.20 Å². The van der Waals surface area contributed by atoms with Gasteiger partial charge in [-0.3, -0.25) is 14.7 Å². The van der Waals surface area contributed by atoms with Crippen molar-refractivity contribution < 1.29 is 14.3 Å². The number of hydrogen-bond acceptors (Lipinski definition) is 6. The van der Waals surface area contributed by atoms with Gasteiger partial charge in [-0.15, -0.1) is 0 Å². The van der Waals surface area contributed by atoms with E-state index in [0.717, 1.165) is 62.8 Å². The fourth-order valence-electron chi connectivity index (χ4n) is 3.68. The average Bonchev–Trinajstić information content (AvgIpc) is 3.42. The summed E-state index contributed by atoms with van der Waals surface area (Å²) in [5.74, 6) is 1.65. The first-order valence-electron chi connectivity index (χ1n) is 9.86.